The molecule has 0 saturated carbocycles. The third-order valence-corrected chi connectivity index (χ3v) is 4.90. The molecule has 3 heterocycles. The second kappa shape index (κ2) is 5.78. The van der Waals surface area contributed by atoms with E-state index in [0.717, 1.165) is 31.1 Å². The minimum absolute atomic E-state index is 0.0385. The third kappa shape index (κ3) is 2.79. The number of nitrogens with zero attached hydrogens (tertiary/aromatic N) is 3. The van der Waals surface area contributed by atoms with Gasteiger partial charge in [0, 0.05) is 30.7 Å². The van der Waals surface area contributed by atoms with Crippen LogP contribution in [0.1, 0.15) is 30.1 Å². The van der Waals surface area contributed by atoms with Crippen LogP contribution >= 0.6 is 11.8 Å². The van der Waals surface area contributed by atoms with E-state index in [-0.39, 0.29) is 18.0 Å². The van der Waals surface area contributed by atoms with Crippen molar-refractivity contribution in [3.8, 4) is 0 Å². The van der Waals surface area contributed by atoms with Crippen molar-refractivity contribution in [3.63, 3.8) is 0 Å². The van der Waals surface area contributed by atoms with Gasteiger partial charge in [0.05, 0.1) is 18.6 Å². The predicted molar refractivity (Wildman–Crippen MR) is 73.1 cm³/mol. The quantitative estimate of drug-likeness (QED) is 0.853. The second-order valence-electron chi connectivity index (χ2n) is 5.20. The van der Waals surface area contributed by atoms with Crippen LogP contribution in [0.3, 0.4) is 0 Å². The molecular formula is C12H20N4O2S. The summed E-state index contributed by atoms with van der Waals surface area (Å²) in [5.41, 5.74) is 6.10. The Kier molecular flexibility index (Phi) is 4.07. The summed E-state index contributed by atoms with van der Waals surface area (Å²) in [5, 5.41) is 4.15. The molecule has 0 amide bonds. The fourth-order valence-corrected chi connectivity index (χ4v) is 3.71. The van der Waals surface area contributed by atoms with Gasteiger partial charge in [0.15, 0.2) is 5.82 Å². The van der Waals surface area contributed by atoms with Crippen molar-refractivity contribution in [2.24, 2.45) is 5.73 Å². The van der Waals surface area contributed by atoms with E-state index in [1.807, 2.05) is 11.8 Å². The Morgan fingerprint density at radius 2 is 2.37 bits per heavy atom. The van der Waals surface area contributed by atoms with Crippen molar-refractivity contribution in [2.75, 3.05) is 38.3 Å². The number of hydrogen-bond donors (Lipinski definition) is 1. The summed E-state index contributed by atoms with van der Waals surface area (Å²) < 4.78 is 10.9. The van der Waals surface area contributed by atoms with Gasteiger partial charge in [-0.1, -0.05) is 5.16 Å². The van der Waals surface area contributed by atoms with E-state index in [4.69, 9.17) is 15.0 Å². The first kappa shape index (κ1) is 13.4. The van der Waals surface area contributed by atoms with E-state index in [9.17, 15) is 0 Å². The fourth-order valence-electron chi connectivity index (χ4n) is 2.50. The number of ether oxygens (including phenoxy) is 1. The molecule has 7 heteroatoms. The molecule has 0 radical (unpaired) electrons. The first-order valence-corrected chi connectivity index (χ1v) is 7.86. The second-order valence-corrected chi connectivity index (χ2v) is 6.35. The maximum atomic E-state index is 6.10. The highest BCUT2D eigenvalue weighted by atomic mass is 32.2. The lowest BCUT2D eigenvalue weighted by atomic mass is 9.97. The summed E-state index contributed by atoms with van der Waals surface area (Å²) in [5.74, 6) is 3.63. The van der Waals surface area contributed by atoms with Crippen molar-refractivity contribution < 1.29 is 9.26 Å². The Hall–Kier alpha value is -0.630. The zero-order chi connectivity index (χ0) is 13.2. The van der Waals surface area contributed by atoms with Gasteiger partial charge >= 0.3 is 0 Å². The van der Waals surface area contributed by atoms with Gasteiger partial charge in [0.2, 0.25) is 5.89 Å². The Morgan fingerprint density at radius 1 is 1.47 bits per heavy atom. The van der Waals surface area contributed by atoms with E-state index in [1.165, 1.54) is 5.75 Å². The minimum Gasteiger partial charge on any atom is -0.381 e. The van der Waals surface area contributed by atoms with E-state index in [0.29, 0.717) is 12.5 Å². The van der Waals surface area contributed by atoms with Gasteiger partial charge in [-0.25, -0.2) is 0 Å². The molecule has 3 atom stereocenters. The normalized spacial score (nSPS) is 33.5. The minimum atomic E-state index is 0.0385. The van der Waals surface area contributed by atoms with Crippen LogP contribution in [0.4, 0.5) is 0 Å². The van der Waals surface area contributed by atoms with Crippen molar-refractivity contribution >= 4 is 11.8 Å². The van der Waals surface area contributed by atoms with Gasteiger partial charge in [0.1, 0.15) is 0 Å². The van der Waals surface area contributed by atoms with Crippen LogP contribution in [0, 0.1) is 0 Å². The molecule has 3 rings (SSSR count). The topological polar surface area (TPSA) is 77.4 Å². The molecule has 0 aromatic carbocycles. The van der Waals surface area contributed by atoms with Crippen molar-refractivity contribution in [3.05, 3.63) is 11.7 Å². The van der Waals surface area contributed by atoms with Crippen LogP contribution in [-0.4, -0.2) is 59.4 Å². The van der Waals surface area contributed by atoms with Crippen molar-refractivity contribution in [2.45, 2.75) is 24.4 Å². The Morgan fingerprint density at radius 3 is 3.16 bits per heavy atom. The van der Waals surface area contributed by atoms with Crippen LogP contribution < -0.4 is 5.73 Å². The summed E-state index contributed by atoms with van der Waals surface area (Å²) in [4.78, 5) is 6.85. The molecule has 0 spiro atoms. The predicted octanol–water partition coefficient (Wildman–Crippen LogP) is 0.620. The molecule has 2 N–H and O–H groups in total. The molecule has 106 valence electrons. The SMILES string of the molecule is CN1CCSCC1c1noc(C2COCCC2N)n1. The largest absolute Gasteiger partial charge is 0.381 e. The average Bonchev–Trinajstić information content (AvgIpc) is 2.89. The van der Waals surface area contributed by atoms with E-state index >= 15 is 0 Å². The molecule has 1 aromatic heterocycles. The zero-order valence-electron chi connectivity index (χ0n) is 11.1. The highest BCUT2D eigenvalue weighted by molar-refractivity contribution is 7.99. The smallest absolute Gasteiger partial charge is 0.233 e. The summed E-state index contributed by atoms with van der Waals surface area (Å²) in [6.07, 6.45) is 0.849. The average molecular weight is 284 g/mol. The molecule has 1 aromatic rings. The highest BCUT2D eigenvalue weighted by Crippen LogP contribution is 2.29. The summed E-state index contributed by atoms with van der Waals surface area (Å²) in [6.45, 7) is 2.37. The number of nitrogens with two attached hydrogens (primary N) is 1. The van der Waals surface area contributed by atoms with Crippen molar-refractivity contribution in [1.82, 2.24) is 15.0 Å². The van der Waals surface area contributed by atoms with E-state index in [2.05, 4.69) is 22.1 Å². The standard InChI is InChI=1S/C12H20N4O2S/c1-16-3-5-19-7-10(16)11-14-12(18-15-11)8-6-17-4-2-9(8)13/h8-10H,2-7,13H2,1H3. The summed E-state index contributed by atoms with van der Waals surface area (Å²) in [6, 6.07) is 0.303. The lowest BCUT2D eigenvalue weighted by Crippen LogP contribution is -2.37. The summed E-state index contributed by atoms with van der Waals surface area (Å²) in [7, 11) is 2.11. The first-order valence-electron chi connectivity index (χ1n) is 6.70. The summed E-state index contributed by atoms with van der Waals surface area (Å²) >= 11 is 1.93. The highest BCUT2D eigenvalue weighted by Gasteiger charge is 2.31. The molecule has 2 aliphatic heterocycles. The molecule has 6 nitrogen and oxygen atoms in total. The Bertz CT molecular complexity index is 391. The molecule has 2 fully saturated rings. The Labute approximate surface area is 117 Å². The number of thioether (sulfide) groups is 1. The Balaban J connectivity index is 1.75. The lowest BCUT2D eigenvalue weighted by Gasteiger charge is -2.29. The zero-order valence-corrected chi connectivity index (χ0v) is 11.9. The molecule has 0 aliphatic carbocycles. The van der Waals surface area contributed by atoms with Gasteiger partial charge in [-0.15, -0.1) is 0 Å². The van der Waals surface area contributed by atoms with Crippen LogP contribution in [-0.2, 0) is 4.74 Å². The molecule has 0 bridgehead atoms. The van der Waals surface area contributed by atoms with Crippen LogP contribution in [0.25, 0.3) is 0 Å². The van der Waals surface area contributed by atoms with Gasteiger partial charge < -0.3 is 15.0 Å². The van der Waals surface area contributed by atoms with Gasteiger partial charge in [0.25, 0.3) is 0 Å². The number of hydrogen-bond acceptors (Lipinski definition) is 7. The molecular weight excluding hydrogens is 264 g/mol. The molecule has 2 aliphatic rings. The maximum absolute atomic E-state index is 6.10. The van der Waals surface area contributed by atoms with Crippen LogP contribution in [0.5, 0.6) is 0 Å². The first-order chi connectivity index (χ1) is 9.25. The monoisotopic (exact) mass is 284 g/mol. The van der Waals surface area contributed by atoms with Crippen LogP contribution in [0.2, 0.25) is 0 Å². The lowest BCUT2D eigenvalue weighted by molar-refractivity contribution is 0.0590. The molecule has 19 heavy (non-hydrogen) atoms. The van der Waals surface area contributed by atoms with E-state index in [1.54, 1.807) is 0 Å². The van der Waals surface area contributed by atoms with Crippen molar-refractivity contribution in [1.29, 1.82) is 0 Å². The molecule has 3 unspecified atom stereocenters. The maximum Gasteiger partial charge on any atom is 0.233 e. The van der Waals surface area contributed by atoms with Gasteiger partial charge in [-0.2, -0.15) is 16.7 Å². The van der Waals surface area contributed by atoms with Gasteiger partial charge in [-0.3, -0.25) is 4.90 Å². The van der Waals surface area contributed by atoms with E-state index < -0.39 is 0 Å². The molecule has 2 saturated heterocycles. The van der Waals surface area contributed by atoms with Crippen LogP contribution in [0.15, 0.2) is 4.52 Å². The van der Waals surface area contributed by atoms with Gasteiger partial charge in [-0.05, 0) is 13.5 Å². The number of aromatic nitrogens is 2. The third-order valence-electron chi connectivity index (χ3n) is 3.88. The number of rotatable bonds is 2. The fraction of sp³-hybridized carbons (Fsp3) is 0.833.